The van der Waals surface area contributed by atoms with Gasteiger partial charge in [0.25, 0.3) is 11.8 Å². The number of benzene rings is 2. The first-order valence-electron chi connectivity index (χ1n) is 8.36. The summed E-state index contributed by atoms with van der Waals surface area (Å²) < 4.78 is 0. The van der Waals surface area contributed by atoms with Crippen LogP contribution in [0.25, 0.3) is 5.57 Å². The molecule has 0 unspecified atom stereocenters. The number of hydrogen-bond acceptors (Lipinski definition) is 3. The summed E-state index contributed by atoms with van der Waals surface area (Å²) in [6.07, 6.45) is 2.06. The molecule has 126 valence electrons. The molecule has 0 atom stereocenters. The molecule has 4 rings (SSSR count). The van der Waals surface area contributed by atoms with Crippen LogP contribution in [0.5, 0.6) is 0 Å². The van der Waals surface area contributed by atoms with E-state index in [1.165, 1.54) is 4.90 Å². The molecule has 0 aliphatic carbocycles. The first-order valence-corrected chi connectivity index (χ1v) is 8.73. The monoisotopic (exact) mass is 352 g/mol. The van der Waals surface area contributed by atoms with E-state index in [9.17, 15) is 9.59 Å². The lowest BCUT2D eigenvalue weighted by atomic mass is 10.0. The number of para-hydroxylation sites is 1. The van der Waals surface area contributed by atoms with Crippen LogP contribution in [0, 0.1) is 0 Å². The Labute approximate surface area is 151 Å². The second kappa shape index (κ2) is 6.37. The smallest absolute Gasteiger partial charge is 0.282 e. The van der Waals surface area contributed by atoms with Gasteiger partial charge in [-0.1, -0.05) is 41.9 Å². The summed E-state index contributed by atoms with van der Waals surface area (Å²) in [6, 6.07) is 16.2. The van der Waals surface area contributed by atoms with Crippen molar-refractivity contribution in [2.45, 2.75) is 12.8 Å². The van der Waals surface area contributed by atoms with Gasteiger partial charge in [-0.25, -0.2) is 4.90 Å². The molecule has 5 heteroatoms. The molecule has 4 nitrogen and oxygen atoms in total. The first kappa shape index (κ1) is 15.9. The fourth-order valence-corrected chi connectivity index (χ4v) is 3.57. The topological polar surface area (TPSA) is 40.6 Å². The molecule has 2 aliphatic rings. The van der Waals surface area contributed by atoms with Crippen LogP contribution in [0.4, 0.5) is 5.69 Å². The molecule has 2 aromatic rings. The van der Waals surface area contributed by atoms with Crippen molar-refractivity contribution in [3.05, 3.63) is 70.9 Å². The van der Waals surface area contributed by atoms with Crippen molar-refractivity contribution in [2.75, 3.05) is 18.0 Å². The Balaban J connectivity index is 1.84. The summed E-state index contributed by atoms with van der Waals surface area (Å²) in [7, 11) is 0. The second-order valence-corrected chi connectivity index (χ2v) is 6.64. The fourth-order valence-electron chi connectivity index (χ4n) is 3.44. The molecule has 0 saturated carbocycles. The van der Waals surface area contributed by atoms with Crippen LogP contribution in [-0.2, 0) is 9.59 Å². The van der Waals surface area contributed by atoms with Crippen molar-refractivity contribution in [1.29, 1.82) is 0 Å². The number of carbonyl (C=O) groups is 2. The molecular formula is C20H17ClN2O2. The molecule has 2 amide bonds. The number of rotatable bonds is 3. The summed E-state index contributed by atoms with van der Waals surface area (Å²) in [5, 5.41) is 0.601. The van der Waals surface area contributed by atoms with Crippen molar-refractivity contribution in [1.82, 2.24) is 4.90 Å². The lowest BCUT2D eigenvalue weighted by Gasteiger charge is -2.20. The summed E-state index contributed by atoms with van der Waals surface area (Å²) in [5.41, 5.74) is 2.29. The number of imide groups is 1. The Hall–Kier alpha value is -2.59. The van der Waals surface area contributed by atoms with E-state index in [0.29, 0.717) is 22.0 Å². The van der Waals surface area contributed by atoms with Gasteiger partial charge >= 0.3 is 0 Å². The van der Waals surface area contributed by atoms with E-state index in [2.05, 4.69) is 0 Å². The van der Waals surface area contributed by atoms with E-state index in [1.807, 2.05) is 23.1 Å². The lowest BCUT2D eigenvalue weighted by Crippen LogP contribution is -2.34. The minimum Gasteiger partial charge on any atom is -0.366 e. The zero-order valence-electron chi connectivity index (χ0n) is 13.6. The predicted octanol–water partition coefficient (Wildman–Crippen LogP) is 3.72. The van der Waals surface area contributed by atoms with Crippen LogP contribution < -0.4 is 4.90 Å². The van der Waals surface area contributed by atoms with Gasteiger partial charge < -0.3 is 4.90 Å². The molecule has 2 aliphatic heterocycles. The second-order valence-electron chi connectivity index (χ2n) is 6.21. The molecule has 2 heterocycles. The van der Waals surface area contributed by atoms with Crippen molar-refractivity contribution in [3.8, 4) is 0 Å². The normalized spacial score (nSPS) is 17.8. The van der Waals surface area contributed by atoms with Gasteiger partial charge in [-0.15, -0.1) is 0 Å². The summed E-state index contributed by atoms with van der Waals surface area (Å²) in [5.74, 6) is -0.525. The van der Waals surface area contributed by atoms with E-state index in [0.717, 1.165) is 31.5 Å². The number of anilines is 1. The maximum Gasteiger partial charge on any atom is 0.282 e. The SMILES string of the molecule is O=C1C(c2ccc(Cl)cc2)=C(N2CCCC2)C(=O)N1c1ccccc1. The van der Waals surface area contributed by atoms with E-state index in [1.54, 1.807) is 36.4 Å². The van der Waals surface area contributed by atoms with Crippen LogP contribution in [0.3, 0.4) is 0 Å². The van der Waals surface area contributed by atoms with Crippen molar-refractivity contribution in [2.24, 2.45) is 0 Å². The van der Waals surface area contributed by atoms with Crippen molar-refractivity contribution >= 4 is 34.7 Å². The van der Waals surface area contributed by atoms with E-state index >= 15 is 0 Å². The Morgan fingerprint density at radius 2 is 1.44 bits per heavy atom. The van der Waals surface area contributed by atoms with Gasteiger partial charge in [-0.3, -0.25) is 9.59 Å². The van der Waals surface area contributed by atoms with Gasteiger partial charge in [0, 0.05) is 18.1 Å². The Bertz CT molecular complexity index is 853. The summed E-state index contributed by atoms with van der Waals surface area (Å²) in [4.78, 5) is 29.6. The third-order valence-electron chi connectivity index (χ3n) is 4.63. The number of hydrogen-bond donors (Lipinski definition) is 0. The quantitative estimate of drug-likeness (QED) is 0.790. The number of nitrogens with zero attached hydrogens (tertiary/aromatic N) is 2. The molecule has 25 heavy (non-hydrogen) atoms. The highest BCUT2D eigenvalue weighted by atomic mass is 35.5. The van der Waals surface area contributed by atoms with Crippen LogP contribution in [0.1, 0.15) is 18.4 Å². The Morgan fingerprint density at radius 3 is 2.08 bits per heavy atom. The largest absolute Gasteiger partial charge is 0.366 e. The third kappa shape index (κ3) is 2.72. The van der Waals surface area contributed by atoms with Crippen molar-refractivity contribution in [3.63, 3.8) is 0 Å². The molecule has 2 aromatic carbocycles. The predicted molar refractivity (Wildman–Crippen MR) is 98.1 cm³/mol. The molecule has 0 radical (unpaired) electrons. The van der Waals surface area contributed by atoms with E-state index < -0.39 is 0 Å². The van der Waals surface area contributed by atoms with Gasteiger partial charge in [0.2, 0.25) is 0 Å². The maximum atomic E-state index is 13.2. The molecule has 1 saturated heterocycles. The molecule has 0 spiro atoms. The molecule has 0 bridgehead atoms. The summed E-state index contributed by atoms with van der Waals surface area (Å²) in [6.45, 7) is 1.60. The molecule has 0 aromatic heterocycles. The third-order valence-corrected chi connectivity index (χ3v) is 4.88. The number of carbonyl (C=O) groups excluding carboxylic acids is 2. The van der Waals surface area contributed by atoms with Crippen LogP contribution in [0.15, 0.2) is 60.3 Å². The maximum absolute atomic E-state index is 13.2. The van der Waals surface area contributed by atoms with Crippen LogP contribution >= 0.6 is 11.6 Å². The molecule has 1 fully saturated rings. The zero-order valence-corrected chi connectivity index (χ0v) is 14.4. The minimum absolute atomic E-state index is 0.247. The zero-order chi connectivity index (χ0) is 17.4. The summed E-state index contributed by atoms with van der Waals surface area (Å²) >= 11 is 5.98. The molecular weight excluding hydrogens is 336 g/mol. The van der Waals surface area contributed by atoms with Gasteiger partial charge in [-0.05, 0) is 42.7 Å². The van der Waals surface area contributed by atoms with Gasteiger partial charge in [0.1, 0.15) is 5.70 Å². The lowest BCUT2D eigenvalue weighted by molar-refractivity contribution is -0.120. The molecule has 0 N–H and O–H groups in total. The van der Waals surface area contributed by atoms with Gasteiger partial charge in [-0.2, -0.15) is 0 Å². The standard InChI is InChI=1S/C20H17ClN2O2/c21-15-10-8-14(9-11-15)17-18(22-12-4-5-13-22)20(25)23(19(17)24)16-6-2-1-3-7-16/h1-3,6-11H,4-5,12-13H2. The number of amides is 2. The minimum atomic E-state index is -0.277. The van der Waals surface area contributed by atoms with E-state index in [-0.39, 0.29) is 11.8 Å². The van der Waals surface area contributed by atoms with Crippen LogP contribution in [-0.4, -0.2) is 29.8 Å². The van der Waals surface area contributed by atoms with Crippen molar-refractivity contribution < 1.29 is 9.59 Å². The van der Waals surface area contributed by atoms with Crippen LogP contribution in [0.2, 0.25) is 5.02 Å². The highest BCUT2D eigenvalue weighted by Crippen LogP contribution is 2.36. The number of halogens is 1. The average molecular weight is 353 g/mol. The highest BCUT2D eigenvalue weighted by Gasteiger charge is 2.42. The van der Waals surface area contributed by atoms with Gasteiger partial charge in [0.05, 0.1) is 11.3 Å². The average Bonchev–Trinajstić information content (AvgIpc) is 3.23. The Kier molecular flexibility index (Phi) is 4.06. The fraction of sp³-hybridized carbons (Fsp3) is 0.200. The highest BCUT2D eigenvalue weighted by molar-refractivity contribution is 6.45. The Morgan fingerprint density at radius 1 is 0.800 bits per heavy atom. The number of likely N-dealkylation sites (tertiary alicyclic amines) is 1. The first-order chi connectivity index (χ1) is 12.2. The van der Waals surface area contributed by atoms with Gasteiger partial charge in [0.15, 0.2) is 0 Å². The van der Waals surface area contributed by atoms with E-state index in [4.69, 9.17) is 11.6 Å².